The molecule has 1 aromatic carbocycles. The Kier molecular flexibility index (Phi) is 6.53. The van der Waals surface area contributed by atoms with E-state index in [0.717, 1.165) is 12.6 Å². The van der Waals surface area contributed by atoms with Crippen LogP contribution in [0.3, 0.4) is 0 Å². The van der Waals surface area contributed by atoms with Crippen molar-refractivity contribution in [1.82, 2.24) is 4.90 Å². The molecule has 3 rings (SSSR count). The van der Waals surface area contributed by atoms with Gasteiger partial charge in [0.05, 0.1) is 6.10 Å². The van der Waals surface area contributed by atoms with Crippen molar-refractivity contribution in [3.05, 3.63) is 41.5 Å². The molecule has 3 heteroatoms. The van der Waals surface area contributed by atoms with E-state index in [9.17, 15) is 0 Å². The number of nitrogens with zero attached hydrogens (tertiary/aromatic N) is 1. The van der Waals surface area contributed by atoms with E-state index >= 15 is 0 Å². The van der Waals surface area contributed by atoms with Gasteiger partial charge >= 0.3 is 0 Å². The fraction of sp³-hybridized carbons (Fsp3) is 0.636. The number of hydrogen-bond donors (Lipinski definition) is 0. The molecule has 0 aromatic heterocycles. The van der Waals surface area contributed by atoms with Gasteiger partial charge in [0.25, 0.3) is 0 Å². The molecular formula is C22H35NOSi. The Hall–Kier alpha value is -0.903. The van der Waals surface area contributed by atoms with Crippen LogP contribution >= 0.6 is 0 Å². The molecule has 0 bridgehead atoms. The number of benzene rings is 1. The Labute approximate surface area is 155 Å². The molecule has 0 N–H and O–H groups in total. The second-order valence-electron chi connectivity index (χ2n) is 7.84. The zero-order chi connectivity index (χ0) is 17.7. The van der Waals surface area contributed by atoms with Crippen LogP contribution in [0.2, 0.25) is 18.1 Å². The fourth-order valence-corrected chi connectivity index (χ4v) is 7.45. The van der Waals surface area contributed by atoms with Gasteiger partial charge in [-0.15, -0.1) is 0 Å². The Morgan fingerprint density at radius 1 is 1.08 bits per heavy atom. The van der Waals surface area contributed by atoms with Crippen LogP contribution in [0.25, 0.3) is 6.08 Å². The lowest BCUT2D eigenvalue weighted by molar-refractivity contribution is 0.0687. The first kappa shape index (κ1) is 18.9. The summed E-state index contributed by atoms with van der Waals surface area (Å²) in [6.07, 6.45) is 8.06. The monoisotopic (exact) mass is 357 g/mol. The maximum atomic E-state index is 7.00. The summed E-state index contributed by atoms with van der Waals surface area (Å²) in [7, 11) is -1.58. The molecule has 0 radical (unpaired) electrons. The molecule has 0 aliphatic carbocycles. The molecule has 2 saturated heterocycles. The molecule has 0 unspecified atom stereocenters. The Bertz CT molecular complexity index is 558. The van der Waals surface area contributed by atoms with Gasteiger partial charge in [0.2, 0.25) is 0 Å². The minimum atomic E-state index is -1.58. The van der Waals surface area contributed by atoms with Crippen LogP contribution in [0.5, 0.6) is 0 Å². The van der Waals surface area contributed by atoms with Crippen molar-refractivity contribution in [2.45, 2.75) is 76.7 Å². The van der Waals surface area contributed by atoms with Crippen molar-refractivity contribution in [3.8, 4) is 0 Å². The summed E-state index contributed by atoms with van der Waals surface area (Å²) in [5.74, 6) is 0. The molecule has 2 aliphatic rings. The highest BCUT2D eigenvalue weighted by Gasteiger charge is 2.38. The topological polar surface area (TPSA) is 12.5 Å². The van der Waals surface area contributed by atoms with E-state index in [1.54, 1.807) is 0 Å². The van der Waals surface area contributed by atoms with E-state index in [1.807, 2.05) is 0 Å². The van der Waals surface area contributed by atoms with Crippen molar-refractivity contribution in [2.24, 2.45) is 0 Å². The Morgan fingerprint density at radius 3 is 2.48 bits per heavy atom. The van der Waals surface area contributed by atoms with Crippen LogP contribution in [0, 0.1) is 0 Å². The van der Waals surface area contributed by atoms with E-state index < -0.39 is 8.32 Å². The van der Waals surface area contributed by atoms with Crippen molar-refractivity contribution < 1.29 is 4.43 Å². The summed E-state index contributed by atoms with van der Waals surface area (Å²) in [6.45, 7) is 9.40. The summed E-state index contributed by atoms with van der Waals surface area (Å²) in [6, 6.07) is 15.3. The average molecular weight is 358 g/mol. The first-order chi connectivity index (χ1) is 12.2. The molecule has 0 saturated carbocycles. The molecule has 2 nitrogen and oxygen atoms in total. The van der Waals surface area contributed by atoms with Crippen LogP contribution in [-0.2, 0) is 4.43 Å². The number of rotatable bonds is 6. The van der Waals surface area contributed by atoms with Gasteiger partial charge in [-0.3, -0.25) is 4.90 Å². The van der Waals surface area contributed by atoms with E-state index in [4.69, 9.17) is 4.43 Å². The molecule has 0 spiro atoms. The SMILES string of the molecule is CC[Si](CC)(CC)O[C@@H]1C[C@@H]2CCCCN2C/C1=C/c1ccccc1. The summed E-state index contributed by atoms with van der Waals surface area (Å²) >= 11 is 0. The van der Waals surface area contributed by atoms with Gasteiger partial charge in [-0.25, -0.2) is 0 Å². The largest absolute Gasteiger partial charge is 0.410 e. The van der Waals surface area contributed by atoms with E-state index in [1.165, 1.54) is 61.5 Å². The van der Waals surface area contributed by atoms with Crippen molar-refractivity contribution >= 4 is 14.4 Å². The van der Waals surface area contributed by atoms with Gasteiger partial charge in [-0.1, -0.05) is 63.6 Å². The average Bonchev–Trinajstić information content (AvgIpc) is 2.67. The Balaban J connectivity index is 1.86. The lowest BCUT2D eigenvalue weighted by Gasteiger charge is -2.46. The van der Waals surface area contributed by atoms with E-state index in [-0.39, 0.29) is 0 Å². The molecule has 2 fully saturated rings. The zero-order valence-corrected chi connectivity index (χ0v) is 17.3. The molecule has 138 valence electrons. The molecule has 0 amide bonds. The molecule has 2 atom stereocenters. The predicted octanol–water partition coefficient (Wildman–Crippen LogP) is 5.72. The molecule has 2 heterocycles. The smallest absolute Gasteiger partial charge is 0.192 e. The maximum Gasteiger partial charge on any atom is 0.192 e. The summed E-state index contributed by atoms with van der Waals surface area (Å²) in [5, 5.41) is 0. The fourth-order valence-electron chi connectivity index (χ4n) is 4.60. The molecule has 2 aliphatic heterocycles. The number of hydrogen-bond acceptors (Lipinski definition) is 2. The van der Waals surface area contributed by atoms with Crippen LogP contribution in [0.1, 0.15) is 52.0 Å². The molecule has 1 aromatic rings. The third-order valence-electron chi connectivity index (χ3n) is 6.51. The molecular weight excluding hydrogens is 322 g/mol. The highest BCUT2D eigenvalue weighted by atomic mass is 28.4. The third-order valence-corrected chi connectivity index (χ3v) is 11.2. The summed E-state index contributed by atoms with van der Waals surface area (Å²) in [5.41, 5.74) is 2.83. The zero-order valence-electron chi connectivity index (χ0n) is 16.3. The lowest BCUT2D eigenvalue weighted by Crippen LogP contribution is -2.51. The van der Waals surface area contributed by atoms with Gasteiger partial charge in [0, 0.05) is 12.6 Å². The first-order valence-corrected chi connectivity index (χ1v) is 12.9. The van der Waals surface area contributed by atoms with E-state index in [0.29, 0.717) is 6.10 Å². The van der Waals surface area contributed by atoms with Gasteiger partial charge in [0.15, 0.2) is 8.32 Å². The molecule has 25 heavy (non-hydrogen) atoms. The number of fused-ring (bicyclic) bond motifs is 1. The van der Waals surface area contributed by atoms with Gasteiger partial charge < -0.3 is 4.43 Å². The van der Waals surface area contributed by atoms with Crippen LogP contribution in [0.15, 0.2) is 35.9 Å². The third kappa shape index (κ3) is 4.44. The van der Waals surface area contributed by atoms with Crippen LogP contribution < -0.4 is 0 Å². The van der Waals surface area contributed by atoms with Gasteiger partial charge in [-0.2, -0.15) is 0 Å². The Morgan fingerprint density at radius 2 is 1.80 bits per heavy atom. The van der Waals surface area contributed by atoms with E-state index in [2.05, 4.69) is 62.1 Å². The second kappa shape index (κ2) is 8.66. The van der Waals surface area contributed by atoms with Crippen molar-refractivity contribution in [1.29, 1.82) is 0 Å². The highest BCUT2D eigenvalue weighted by Crippen LogP contribution is 2.35. The van der Waals surface area contributed by atoms with Crippen molar-refractivity contribution in [2.75, 3.05) is 13.1 Å². The van der Waals surface area contributed by atoms with Gasteiger partial charge in [0.1, 0.15) is 0 Å². The second-order valence-corrected chi connectivity index (χ2v) is 12.6. The predicted molar refractivity (Wildman–Crippen MR) is 110 cm³/mol. The van der Waals surface area contributed by atoms with Crippen LogP contribution in [0.4, 0.5) is 0 Å². The van der Waals surface area contributed by atoms with Gasteiger partial charge in [-0.05, 0) is 55.1 Å². The normalized spacial score (nSPS) is 26.6. The standard InChI is InChI=1S/C22H35NOSi/c1-4-25(5-2,6-3)24-22-17-21-14-10-11-15-23(21)18-20(22)16-19-12-8-7-9-13-19/h7-9,12-13,16,21-22H,4-6,10-11,14-15,17-18H2,1-3H3/b20-16-/t21-,22+/m0/s1. The number of piperidine rings is 2. The minimum absolute atomic E-state index is 0.339. The summed E-state index contributed by atoms with van der Waals surface area (Å²) in [4.78, 5) is 2.71. The van der Waals surface area contributed by atoms with Crippen molar-refractivity contribution in [3.63, 3.8) is 0 Å². The maximum absolute atomic E-state index is 7.00. The quantitative estimate of drug-likeness (QED) is 0.604. The highest BCUT2D eigenvalue weighted by molar-refractivity contribution is 6.73. The van der Waals surface area contributed by atoms with Crippen LogP contribution in [-0.4, -0.2) is 38.5 Å². The minimum Gasteiger partial charge on any atom is -0.410 e. The summed E-state index contributed by atoms with van der Waals surface area (Å²) < 4.78 is 7.00. The first-order valence-electron chi connectivity index (χ1n) is 10.4. The lowest BCUT2D eigenvalue weighted by atomic mass is 9.88.